The van der Waals surface area contributed by atoms with Gasteiger partial charge in [0.2, 0.25) is 10.0 Å². The van der Waals surface area contributed by atoms with E-state index in [1.165, 1.54) is 18.2 Å². The molecule has 1 heterocycles. The summed E-state index contributed by atoms with van der Waals surface area (Å²) in [6.07, 6.45) is 2.45. The molecule has 0 aliphatic carbocycles. The van der Waals surface area contributed by atoms with E-state index < -0.39 is 21.3 Å². The number of sulfonamides is 1. The van der Waals surface area contributed by atoms with Gasteiger partial charge in [-0.25, -0.2) is 17.9 Å². The number of rotatable bonds is 7. The molecule has 0 saturated carbocycles. The Morgan fingerprint density at radius 1 is 1.26 bits per heavy atom. The Labute approximate surface area is 133 Å². The molecule has 1 aromatic carbocycles. The van der Waals surface area contributed by atoms with Crippen LogP contribution in [-0.4, -0.2) is 31.0 Å². The van der Waals surface area contributed by atoms with E-state index in [4.69, 9.17) is 5.73 Å². The van der Waals surface area contributed by atoms with E-state index in [0.717, 1.165) is 12.8 Å². The van der Waals surface area contributed by atoms with Crippen LogP contribution in [0.25, 0.3) is 10.9 Å². The molecule has 9 heteroatoms. The van der Waals surface area contributed by atoms with Gasteiger partial charge in [0.1, 0.15) is 0 Å². The van der Waals surface area contributed by atoms with Crippen molar-refractivity contribution in [3.8, 4) is 0 Å². The first-order chi connectivity index (χ1) is 10.9. The number of hydrogen-bond acceptors (Lipinski definition) is 5. The van der Waals surface area contributed by atoms with Crippen molar-refractivity contribution >= 4 is 20.9 Å². The molecular formula is C14H20N4O4S. The summed E-state index contributed by atoms with van der Waals surface area (Å²) in [7, 11) is -3.80. The van der Waals surface area contributed by atoms with E-state index in [0.29, 0.717) is 6.42 Å². The van der Waals surface area contributed by atoms with Crippen LogP contribution < -0.4 is 21.7 Å². The third-order valence-electron chi connectivity index (χ3n) is 3.53. The van der Waals surface area contributed by atoms with Crippen molar-refractivity contribution in [2.75, 3.05) is 6.54 Å². The van der Waals surface area contributed by atoms with Crippen LogP contribution in [0.3, 0.4) is 0 Å². The topological polar surface area (TPSA) is 138 Å². The maximum absolute atomic E-state index is 12.4. The number of nitrogens with one attached hydrogen (secondary N) is 3. The summed E-state index contributed by atoms with van der Waals surface area (Å²) >= 11 is 0. The number of H-pyrrole nitrogens is 2. The molecule has 0 saturated heterocycles. The van der Waals surface area contributed by atoms with E-state index in [1.54, 1.807) is 0 Å². The Kier molecular flexibility index (Phi) is 5.34. The standard InChI is InChI=1S/C14H20N4O4S/c1-2-3-4-9(8-15)18-23(21,22)10-5-6-12-11(7-10)13(19)17-14(20)16-12/h5-7,9,18H,2-4,8,15H2,1H3,(H2,16,17,19,20). The highest BCUT2D eigenvalue weighted by atomic mass is 32.2. The van der Waals surface area contributed by atoms with Crippen molar-refractivity contribution in [2.45, 2.75) is 37.1 Å². The smallest absolute Gasteiger partial charge is 0.326 e. The Morgan fingerprint density at radius 3 is 2.65 bits per heavy atom. The first kappa shape index (κ1) is 17.4. The first-order valence-corrected chi connectivity index (χ1v) is 8.84. The van der Waals surface area contributed by atoms with Gasteiger partial charge in [0.15, 0.2) is 0 Å². The number of nitrogens with two attached hydrogens (primary N) is 1. The lowest BCUT2D eigenvalue weighted by Gasteiger charge is -2.16. The highest BCUT2D eigenvalue weighted by Gasteiger charge is 2.19. The molecule has 0 bridgehead atoms. The number of fused-ring (bicyclic) bond motifs is 1. The van der Waals surface area contributed by atoms with E-state index in [1.807, 2.05) is 6.92 Å². The van der Waals surface area contributed by atoms with Gasteiger partial charge in [0.05, 0.1) is 15.8 Å². The Bertz CT molecular complexity index is 901. The fourth-order valence-corrected chi connectivity index (χ4v) is 3.58. The van der Waals surface area contributed by atoms with Crippen LogP contribution in [-0.2, 0) is 10.0 Å². The monoisotopic (exact) mass is 340 g/mol. The second kappa shape index (κ2) is 7.07. The molecule has 0 aliphatic rings. The Morgan fingerprint density at radius 2 is 2.00 bits per heavy atom. The molecule has 8 nitrogen and oxygen atoms in total. The minimum absolute atomic E-state index is 0.0440. The Balaban J connectivity index is 2.38. The number of hydrogen-bond donors (Lipinski definition) is 4. The fourth-order valence-electron chi connectivity index (χ4n) is 2.27. The summed E-state index contributed by atoms with van der Waals surface area (Å²) in [6.45, 7) is 2.21. The molecule has 5 N–H and O–H groups in total. The van der Waals surface area contributed by atoms with Gasteiger partial charge < -0.3 is 10.7 Å². The maximum Gasteiger partial charge on any atom is 0.326 e. The maximum atomic E-state index is 12.4. The lowest BCUT2D eigenvalue weighted by atomic mass is 10.1. The molecule has 23 heavy (non-hydrogen) atoms. The average Bonchev–Trinajstić information content (AvgIpc) is 2.50. The van der Waals surface area contributed by atoms with Gasteiger partial charge in [-0.15, -0.1) is 0 Å². The van der Waals surface area contributed by atoms with Gasteiger partial charge >= 0.3 is 5.69 Å². The van der Waals surface area contributed by atoms with Crippen molar-refractivity contribution in [3.63, 3.8) is 0 Å². The molecule has 1 aromatic heterocycles. The summed E-state index contributed by atoms with van der Waals surface area (Å²) in [5, 5.41) is 0.102. The number of aromatic nitrogens is 2. The van der Waals surface area contributed by atoms with Crippen LogP contribution in [0.1, 0.15) is 26.2 Å². The van der Waals surface area contributed by atoms with Crippen LogP contribution in [0, 0.1) is 0 Å². The molecule has 0 radical (unpaired) electrons. The third kappa shape index (κ3) is 4.06. The molecule has 0 amide bonds. The van der Waals surface area contributed by atoms with Crippen molar-refractivity contribution in [3.05, 3.63) is 39.0 Å². The molecule has 2 aromatic rings. The molecule has 1 unspecified atom stereocenters. The minimum atomic E-state index is -3.80. The van der Waals surface area contributed by atoms with Crippen molar-refractivity contribution < 1.29 is 8.42 Å². The highest BCUT2D eigenvalue weighted by Crippen LogP contribution is 2.15. The zero-order valence-electron chi connectivity index (χ0n) is 12.8. The quantitative estimate of drug-likeness (QED) is 0.562. The van der Waals surface area contributed by atoms with E-state index >= 15 is 0 Å². The number of unbranched alkanes of at least 4 members (excludes halogenated alkanes) is 1. The molecule has 0 spiro atoms. The molecule has 1 atom stereocenters. The second-order valence-corrected chi connectivity index (χ2v) is 7.03. The normalized spacial score (nSPS) is 13.3. The van der Waals surface area contributed by atoms with Gasteiger partial charge in [0.25, 0.3) is 5.56 Å². The largest absolute Gasteiger partial charge is 0.329 e. The van der Waals surface area contributed by atoms with E-state index in [9.17, 15) is 18.0 Å². The van der Waals surface area contributed by atoms with Gasteiger partial charge in [0, 0.05) is 12.6 Å². The summed E-state index contributed by atoms with van der Waals surface area (Å²) in [4.78, 5) is 27.5. The summed E-state index contributed by atoms with van der Waals surface area (Å²) < 4.78 is 27.4. The summed E-state index contributed by atoms with van der Waals surface area (Å²) in [6, 6.07) is 3.61. The second-order valence-electron chi connectivity index (χ2n) is 5.31. The number of aromatic amines is 2. The van der Waals surface area contributed by atoms with E-state index in [-0.39, 0.29) is 28.4 Å². The van der Waals surface area contributed by atoms with Crippen LogP contribution in [0.15, 0.2) is 32.7 Å². The third-order valence-corrected chi connectivity index (χ3v) is 5.05. The van der Waals surface area contributed by atoms with Crippen molar-refractivity contribution in [1.29, 1.82) is 0 Å². The van der Waals surface area contributed by atoms with Crippen molar-refractivity contribution in [1.82, 2.24) is 14.7 Å². The Hall–Kier alpha value is -1.97. The summed E-state index contributed by atoms with van der Waals surface area (Å²) in [5.74, 6) is 0. The van der Waals surface area contributed by atoms with Gasteiger partial charge in [-0.3, -0.25) is 9.78 Å². The predicted octanol–water partition coefficient (Wildman–Crippen LogP) is 0.0122. The summed E-state index contributed by atoms with van der Waals surface area (Å²) in [5.41, 5.74) is 4.61. The molecule has 0 fully saturated rings. The zero-order chi connectivity index (χ0) is 17.0. The molecule has 2 rings (SSSR count). The molecule has 126 valence electrons. The zero-order valence-corrected chi connectivity index (χ0v) is 13.6. The average molecular weight is 340 g/mol. The predicted molar refractivity (Wildman–Crippen MR) is 87.9 cm³/mol. The lowest BCUT2D eigenvalue weighted by Crippen LogP contribution is -2.40. The van der Waals surface area contributed by atoms with Gasteiger partial charge in [-0.2, -0.15) is 0 Å². The highest BCUT2D eigenvalue weighted by molar-refractivity contribution is 7.89. The fraction of sp³-hybridized carbons (Fsp3) is 0.429. The molecular weight excluding hydrogens is 320 g/mol. The SMILES string of the molecule is CCCCC(CN)NS(=O)(=O)c1ccc2[nH]c(=O)[nH]c(=O)c2c1. The first-order valence-electron chi connectivity index (χ1n) is 7.36. The van der Waals surface area contributed by atoms with Crippen molar-refractivity contribution in [2.24, 2.45) is 5.73 Å². The van der Waals surface area contributed by atoms with E-state index in [2.05, 4.69) is 14.7 Å². The van der Waals surface area contributed by atoms with Crippen LogP contribution in [0.5, 0.6) is 0 Å². The van der Waals surface area contributed by atoms with Crippen LogP contribution in [0.4, 0.5) is 0 Å². The minimum Gasteiger partial charge on any atom is -0.329 e. The molecule has 0 aliphatic heterocycles. The number of benzene rings is 1. The van der Waals surface area contributed by atoms with Crippen LogP contribution >= 0.6 is 0 Å². The lowest BCUT2D eigenvalue weighted by molar-refractivity contribution is 0.516. The van der Waals surface area contributed by atoms with Gasteiger partial charge in [-0.05, 0) is 24.6 Å². The van der Waals surface area contributed by atoms with Gasteiger partial charge in [-0.1, -0.05) is 19.8 Å². The van der Waals surface area contributed by atoms with Crippen LogP contribution in [0.2, 0.25) is 0 Å².